The zero-order chi connectivity index (χ0) is 10.4. The number of thiol groups is 1. The zero-order valence-electron chi connectivity index (χ0n) is 8.62. The molecule has 0 unspecified atom stereocenters. The van der Waals surface area contributed by atoms with Crippen LogP contribution in [0, 0.1) is 0 Å². The van der Waals surface area contributed by atoms with Crippen LogP contribution in [0.1, 0.15) is 12.0 Å². The second kappa shape index (κ2) is 5.81. The molecule has 0 heterocycles. The van der Waals surface area contributed by atoms with Gasteiger partial charge in [0.15, 0.2) is 0 Å². The highest BCUT2D eigenvalue weighted by molar-refractivity contribution is 7.80. The molecular formula is C11H16O2S. The van der Waals surface area contributed by atoms with Gasteiger partial charge in [0.1, 0.15) is 11.5 Å². The summed E-state index contributed by atoms with van der Waals surface area (Å²) in [6, 6.07) is 5.86. The lowest BCUT2D eigenvalue weighted by molar-refractivity contribution is 0.398. The van der Waals surface area contributed by atoms with E-state index in [0.29, 0.717) is 0 Å². The smallest absolute Gasteiger partial charge is 0.122 e. The largest absolute Gasteiger partial charge is 0.497 e. The lowest BCUT2D eigenvalue weighted by atomic mass is 10.1. The average Bonchev–Trinajstić information content (AvgIpc) is 2.25. The van der Waals surface area contributed by atoms with Crippen LogP contribution in [-0.2, 0) is 6.42 Å². The molecule has 0 saturated carbocycles. The molecule has 0 N–H and O–H groups in total. The Balaban J connectivity index is 2.84. The first-order valence-electron chi connectivity index (χ1n) is 4.63. The first-order chi connectivity index (χ1) is 6.81. The Morgan fingerprint density at radius 1 is 1.21 bits per heavy atom. The molecule has 0 aromatic heterocycles. The quantitative estimate of drug-likeness (QED) is 0.756. The van der Waals surface area contributed by atoms with E-state index in [4.69, 9.17) is 9.47 Å². The lowest BCUT2D eigenvalue weighted by Gasteiger charge is -2.09. The maximum atomic E-state index is 5.26. The van der Waals surface area contributed by atoms with Gasteiger partial charge in [-0.25, -0.2) is 0 Å². The second-order valence-electron chi connectivity index (χ2n) is 3.00. The van der Waals surface area contributed by atoms with Gasteiger partial charge in [0.05, 0.1) is 14.2 Å². The van der Waals surface area contributed by atoms with Gasteiger partial charge in [-0.3, -0.25) is 0 Å². The molecule has 0 spiro atoms. The van der Waals surface area contributed by atoms with Crippen molar-refractivity contribution in [3.63, 3.8) is 0 Å². The Hall–Kier alpha value is -0.830. The van der Waals surface area contributed by atoms with Crippen molar-refractivity contribution < 1.29 is 9.47 Å². The number of methoxy groups -OCH3 is 2. The Labute approximate surface area is 90.6 Å². The summed E-state index contributed by atoms with van der Waals surface area (Å²) in [4.78, 5) is 0. The van der Waals surface area contributed by atoms with Crippen molar-refractivity contribution in [2.45, 2.75) is 12.8 Å². The van der Waals surface area contributed by atoms with Crippen LogP contribution >= 0.6 is 12.6 Å². The Kier molecular flexibility index (Phi) is 4.66. The van der Waals surface area contributed by atoms with Gasteiger partial charge in [0.25, 0.3) is 0 Å². The minimum absolute atomic E-state index is 0.875. The number of aryl methyl sites for hydroxylation is 1. The number of rotatable bonds is 5. The van der Waals surface area contributed by atoms with E-state index in [2.05, 4.69) is 12.6 Å². The maximum Gasteiger partial charge on any atom is 0.122 e. The third-order valence-corrected chi connectivity index (χ3v) is 2.41. The molecule has 0 aliphatic heterocycles. The van der Waals surface area contributed by atoms with Crippen LogP contribution in [-0.4, -0.2) is 20.0 Å². The van der Waals surface area contributed by atoms with Gasteiger partial charge in [-0.15, -0.1) is 0 Å². The molecule has 0 amide bonds. The fourth-order valence-corrected chi connectivity index (χ4v) is 1.50. The van der Waals surface area contributed by atoms with Crippen molar-refractivity contribution in [1.29, 1.82) is 0 Å². The van der Waals surface area contributed by atoms with Crippen molar-refractivity contribution in [2.75, 3.05) is 20.0 Å². The first-order valence-corrected chi connectivity index (χ1v) is 5.27. The summed E-state index contributed by atoms with van der Waals surface area (Å²) in [5, 5.41) is 0. The molecule has 3 heteroatoms. The molecule has 1 aromatic rings. The topological polar surface area (TPSA) is 18.5 Å². The summed E-state index contributed by atoms with van der Waals surface area (Å²) in [6.45, 7) is 0. The SMILES string of the molecule is COc1ccc(OC)c(CCCS)c1. The molecule has 0 saturated heterocycles. The van der Waals surface area contributed by atoms with E-state index in [-0.39, 0.29) is 0 Å². The average molecular weight is 212 g/mol. The van der Waals surface area contributed by atoms with E-state index in [0.717, 1.165) is 30.1 Å². The fraction of sp³-hybridized carbons (Fsp3) is 0.455. The summed E-state index contributed by atoms with van der Waals surface area (Å²) in [7, 11) is 3.36. The van der Waals surface area contributed by atoms with E-state index >= 15 is 0 Å². The number of ether oxygens (including phenoxy) is 2. The minimum atomic E-state index is 0.875. The molecule has 0 fully saturated rings. The molecule has 1 rings (SSSR count). The van der Waals surface area contributed by atoms with Crippen LogP contribution in [0.3, 0.4) is 0 Å². The minimum Gasteiger partial charge on any atom is -0.497 e. The van der Waals surface area contributed by atoms with Gasteiger partial charge in [-0.2, -0.15) is 12.6 Å². The molecule has 0 bridgehead atoms. The van der Waals surface area contributed by atoms with E-state index in [1.807, 2.05) is 18.2 Å². The van der Waals surface area contributed by atoms with Crippen LogP contribution in [0.15, 0.2) is 18.2 Å². The Morgan fingerprint density at radius 3 is 2.57 bits per heavy atom. The Morgan fingerprint density at radius 2 is 2.00 bits per heavy atom. The van der Waals surface area contributed by atoms with Crippen molar-refractivity contribution >= 4 is 12.6 Å². The molecule has 14 heavy (non-hydrogen) atoms. The predicted octanol–water partition coefficient (Wildman–Crippen LogP) is 2.57. The maximum absolute atomic E-state index is 5.26. The molecule has 0 aliphatic carbocycles. The molecule has 78 valence electrons. The van der Waals surface area contributed by atoms with Crippen LogP contribution in [0.25, 0.3) is 0 Å². The monoisotopic (exact) mass is 212 g/mol. The molecule has 1 aromatic carbocycles. The first kappa shape index (κ1) is 11.2. The van der Waals surface area contributed by atoms with Gasteiger partial charge in [0, 0.05) is 0 Å². The highest BCUT2D eigenvalue weighted by Gasteiger charge is 2.03. The highest BCUT2D eigenvalue weighted by Crippen LogP contribution is 2.24. The summed E-state index contributed by atoms with van der Waals surface area (Å²) in [5.41, 5.74) is 1.18. The third-order valence-electron chi connectivity index (χ3n) is 2.09. The molecule has 2 nitrogen and oxygen atoms in total. The van der Waals surface area contributed by atoms with Crippen LogP contribution in [0.2, 0.25) is 0 Å². The molecule has 0 atom stereocenters. The van der Waals surface area contributed by atoms with Gasteiger partial charge >= 0.3 is 0 Å². The van der Waals surface area contributed by atoms with E-state index < -0.39 is 0 Å². The standard InChI is InChI=1S/C11H16O2S/c1-12-10-5-6-11(13-2)9(8-10)4-3-7-14/h5-6,8,14H,3-4,7H2,1-2H3. The number of hydrogen-bond acceptors (Lipinski definition) is 3. The van der Waals surface area contributed by atoms with Gasteiger partial charge in [-0.05, 0) is 42.4 Å². The fourth-order valence-electron chi connectivity index (χ4n) is 1.35. The van der Waals surface area contributed by atoms with Crippen LogP contribution in [0.5, 0.6) is 11.5 Å². The summed E-state index contributed by atoms with van der Waals surface area (Å²) >= 11 is 4.19. The molecule has 0 radical (unpaired) electrons. The molecule has 0 aliphatic rings. The summed E-state index contributed by atoms with van der Waals surface area (Å²) < 4.78 is 10.4. The molecular weight excluding hydrogens is 196 g/mol. The van der Waals surface area contributed by atoms with Gasteiger partial charge < -0.3 is 9.47 Å². The number of benzene rings is 1. The second-order valence-corrected chi connectivity index (χ2v) is 3.45. The van der Waals surface area contributed by atoms with Crippen molar-refractivity contribution in [3.05, 3.63) is 23.8 Å². The zero-order valence-corrected chi connectivity index (χ0v) is 9.51. The van der Waals surface area contributed by atoms with E-state index in [1.54, 1.807) is 14.2 Å². The van der Waals surface area contributed by atoms with Crippen molar-refractivity contribution in [2.24, 2.45) is 0 Å². The summed E-state index contributed by atoms with van der Waals surface area (Å²) in [5.74, 6) is 2.69. The van der Waals surface area contributed by atoms with Gasteiger partial charge in [0.2, 0.25) is 0 Å². The van der Waals surface area contributed by atoms with Gasteiger partial charge in [-0.1, -0.05) is 0 Å². The number of hydrogen-bond donors (Lipinski definition) is 1. The Bertz CT molecular complexity index is 287. The third kappa shape index (κ3) is 2.84. The van der Waals surface area contributed by atoms with E-state index in [1.165, 1.54) is 5.56 Å². The van der Waals surface area contributed by atoms with Crippen LogP contribution in [0.4, 0.5) is 0 Å². The predicted molar refractivity (Wildman–Crippen MR) is 61.7 cm³/mol. The normalized spacial score (nSPS) is 9.93. The van der Waals surface area contributed by atoms with Crippen molar-refractivity contribution in [1.82, 2.24) is 0 Å². The van der Waals surface area contributed by atoms with Crippen LogP contribution < -0.4 is 9.47 Å². The van der Waals surface area contributed by atoms with E-state index in [9.17, 15) is 0 Å². The van der Waals surface area contributed by atoms with Crippen molar-refractivity contribution in [3.8, 4) is 11.5 Å². The lowest BCUT2D eigenvalue weighted by Crippen LogP contribution is -1.94. The summed E-state index contributed by atoms with van der Waals surface area (Å²) in [6.07, 6.45) is 2.02. The highest BCUT2D eigenvalue weighted by atomic mass is 32.1.